The third-order valence-corrected chi connectivity index (χ3v) is 6.13. The van der Waals surface area contributed by atoms with E-state index in [2.05, 4.69) is 10.1 Å². The molecular formula is C27H17ClF3N3O. The largest absolute Gasteiger partial charge is 0.435 e. The highest BCUT2D eigenvalue weighted by Crippen LogP contribution is 2.45. The summed E-state index contributed by atoms with van der Waals surface area (Å²) in [5, 5.41) is 3.63. The van der Waals surface area contributed by atoms with Gasteiger partial charge in [0.2, 0.25) is 0 Å². The number of fused-ring (bicyclic) bond motifs is 1. The van der Waals surface area contributed by atoms with Gasteiger partial charge in [-0.15, -0.1) is 0 Å². The minimum absolute atomic E-state index is 0.0379. The van der Waals surface area contributed by atoms with Crippen LogP contribution in [0.1, 0.15) is 32.9 Å². The Hall–Kier alpha value is -3.97. The predicted octanol–water partition coefficient (Wildman–Crippen LogP) is 6.76. The van der Waals surface area contributed by atoms with Gasteiger partial charge in [0, 0.05) is 6.07 Å². The van der Waals surface area contributed by atoms with Crippen LogP contribution in [0.4, 0.5) is 13.2 Å². The number of hydrogen-bond acceptors (Lipinski definition) is 3. The van der Waals surface area contributed by atoms with Crippen molar-refractivity contribution in [1.29, 1.82) is 0 Å². The van der Waals surface area contributed by atoms with Gasteiger partial charge in [-0.05, 0) is 16.7 Å². The van der Waals surface area contributed by atoms with Crippen LogP contribution in [-0.2, 0) is 11.7 Å². The summed E-state index contributed by atoms with van der Waals surface area (Å²) in [6, 6.07) is 28.7. The van der Waals surface area contributed by atoms with Crippen LogP contribution in [0.15, 0.2) is 97.1 Å². The lowest BCUT2D eigenvalue weighted by Crippen LogP contribution is -2.38. The van der Waals surface area contributed by atoms with Gasteiger partial charge in [0.15, 0.2) is 12.0 Å². The Labute approximate surface area is 203 Å². The fourth-order valence-corrected chi connectivity index (χ4v) is 4.77. The molecule has 2 heterocycles. The zero-order chi connectivity index (χ0) is 24.6. The monoisotopic (exact) mass is 491 g/mol. The van der Waals surface area contributed by atoms with Crippen molar-refractivity contribution in [1.82, 2.24) is 14.8 Å². The maximum Gasteiger partial charge on any atom is 0.435 e. The van der Waals surface area contributed by atoms with E-state index >= 15 is 0 Å². The minimum atomic E-state index is -4.84. The Bertz CT molecular complexity index is 1400. The lowest BCUT2D eigenvalue weighted by Gasteiger charge is -2.37. The van der Waals surface area contributed by atoms with Crippen molar-refractivity contribution in [2.45, 2.75) is 11.7 Å². The summed E-state index contributed by atoms with van der Waals surface area (Å²) in [5.74, 6) is 0. The Morgan fingerprint density at radius 2 is 1.23 bits per heavy atom. The number of carbonyl (C=O) groups excluding carboxylic acids is 1. The third-order valence-electron chi connectivity index (χ3n) is 5.93. The zero-order valence-electron chi connectivity index (χ0n) is 18.1. The summed E-state index contributed by atoms with van der Waals surface area (Å²) in [5.41, 5.74) is -0.879. The standard InChI is InChI=1S/C27H17ClF3N3O/c28-23-16-22-24(21(17-35)32-23)25(27(29,30)31)33-34(22)26(18-10-4-1-5-11-18,19-12-6-2-7-13-19)20-14-8-3-9-15-20/h1-17H. The number of aldehydes is 1. The van der Waals surface area contributed by atoms with Crippen LogP contribution in [0, 0.1) is 0 Å². The van der Waals surface area contributed by atoms with E-state index in [0.717, 1.165) is 0 Å². The van der Waals surface area contributed by atoms with E-state index in [0.29, 0.717) is 16.7 Å². The highest BCUT2D eigenvalue weighted by Gasteiger charge is 2.45. The first kappa shape index (κ1) is 22.8. The summed E-state index contributed by atoms with van der Waals surface area (Å²) < 4.78 is 44.2. The molecule has 174 valence electrons. The van der Waals surface area contributed by atoms with Gasteiger partial charge in [0.25, 0.3) is 0 Å². The van der Waals surface area contributed by atoms with E-state index in [1.807, 2.05) is 91.0 Å². The quantitative estimate of drug-likeness (QED) is 0.155. The van der Waals surface area contributed by atoms with Crippen LogP contribution in [0.2, 0.25) is 5.15 Å². The number of nitrogens with zero attached hydrogens (tertiary/aromatic N) is 3. The maximum absolute atomic E-state index is 14.3. The van der Waals surface area contributed by atoms with Gasteiger partial charge in [0.1, 0.15) is 16.4 Å². The van der Waals surface area contributed by atoms with Gasteiger partial charge >= 0.3 is 6.18 Å². The van der Waals surface area contributed by atoms with Crippen molar-refractivity contribution in [2.24, 2.45) is 0 Å². The van der Waals surface area contributed by atoms with Crippen molar-refractivity contribution in [2.75, 3.05) is 0 Å². The van der Waals surface area contributed by atoms with Gasteiger partial charge in [-0.2, -0.15) is 18.3 Å². The summed E-state index contributed by atoms with van der Waals surface area (Å²) in [6.45, 7) is 0. The topological polar surface area (TPSA) is 47.8 Å². The van der Waals surface area contributed by atoms with Crippen LogP contribution in [0.5, 0.6) is 0 Å². The fraction of sp³-hybridized carbons (Fsp3) is 0.0741. The normalized spacial score (nSPS) is 12.1. The first-order valence-corrected chi connectivity index (χ1v) is 11.0. The van der Waals surface area contributed by atoms with Crippen molar-refractivity contribution < 1.29 is 18.0 Å². The average molecular weight is 492 g/mol. The zero-order valence-corrected chi connectivity index (χ0v) is 18.8. The molecule has 35 heavy (non-hydrogen) atoms. The van der Waals surface area contributed by atoms with Crippen molar-refractivity contribution in [3.05, 3.63) is 130 Å². The molecule has 0 aliphatic rings. The number of rotatable bonds is 5. The van der Waals surface area contributed by atoms with Crippen LogP contribution in [0.25, 0.3) is 10.9 Å². The minimum Gasteiger partial charge on any atom is -0.296 e. The highest BCUT2D eigenvalue weighted by molar-refractivity contribution is 6.30. The smallest absolute Gasteiger partial charge is 0.296 e. The summed E-state index contributed by atoms with van der Waals surface area (Å²) >= 11 is 6.19. The van der Waals surface area contributed by atoms with E-state index in [1.165, 1.54) is 10.7 Å². The van der Waals surface area contributed by atoms with Gasteiger partial charge in [-0.25, -0.2) is 9.67 Å². The van der Waals surface area contributed by atoms with Crippen LogP contribution < -0.4 is 0 Å². The summed E-state index contributed by atoms with van der Waals surface area (Å²) in [6.07, 6.45) is -4.57. The molecule has 0 fully saturated rings. The van der Waals surface area contributed by atoms with Crippen molar-refractivity contribution in [3.63, 3.8) is 0 Å². The van der Waals surface area contributed by atoms with Crippen molar-refractivity contribution >= 4 is 28.8 Å². The van der Waals surface area contributed by atoms with E-state index in [-0.39, 0.29) is 17.0 Å². The molecule has 0 amide bonds. The molecule has 5 rings (SSSR count). The van der Waals surface area contributed by atoms with Gasteiger partial charge in [-0.3, -0.25) is 4.79 Å². The number of hydrogen-bond donors (Lipinski definition) is 0. The lowest BCUT2D eigenvalue weighted by atomic mass is 9.77. The Morgan fingerprint density at radius 1 is 0.771 bits per heavy atom. The molecule has 0 saturated heterocycles. The molecular weight excluding hydrogens is 475 g/mol. The Morgan fingerprint density at radius 3 is 1.63 bits per heavy atom. The molecule has 4 nitrogen and oxygen atoms in total. The first-order chi connectivity index (χ1) is 16.9. The third kappa shape index (κ3) is 3.68. The molecule has 0 unspecified atom stereocenters. The van der Waals surface area contributed by atoms with Crippen LogP contribution >= 0.6 is 11.6 Å². The first-order valence-electron chi connectivity index (χ1n) is 10.7. The Kier molecular flexibility index (Phi) is 5.65. The average Bonchev–Trinajstić information content (AvgIpc) is 3.26. The van der Waals surface area contributed by atoms with Gasteiger partial charge in [0.05, 0.1) is 10.9 Å². The van der Waals surface area contributed by atoms with Crippen molar-refractivity contribution in [3.8, 4) is 0 Å². The molecule has 2 aromatic heterocycles. The number of halogens is 4. The maximum atomic E-state index is 14.3. The molecule has 3 aromatic carbocycles. The molecule has 0 bridgehead atoms. The SMILES string of the molecule is O=Cc1nc(Cl)cc2c1c(C(F)(F)F)nn2C(c1ccccc1)(c1ccccc1)c1ccccc1. The second kappa shape index (κ2) is 8.67. The number of carbonyl (C=O) groups is 1. The van der Waals surface area contributed by atoms with E-state index in [9.17, 15) is 18.0 Å². The van der Waals surface area contributed by atoms with Gasteiger partial charge in [-0.1, -0.05) is 103 Å². The number of aromatic nitrogens is 3. The molecule has 8 heteroatoms. The van der Waals surface area contributed by atoms with Gasteiger partial charge < -0.3 is 0 Å². The number of benzene rings is 3. The lowest BCUT2D eigenvalue weighted by molar-refractivity contribution is -0.140. The fourth-order valence-electron chi connectivity index (χ4n) is 4.58. The van der Waals surface area contributed by atoms with E-state index in [4.69, 9.17) is 11.6 Å². The molecule has 0 N–H and O–H groups in total. The predicted molar refractivity (Wildman–Crippen MR) is 128 cm³/mol. The molecule has 0 aliphatic carbocycles. The van der Waals surface area contributed by atoms with E-state index < -0.39 is 28.5 Å². The van der Waals surface area contributed by atoms with E-state index in [1.54, 1.807) is 0 Å². The molecule has 0 atom stereocenters. The second-order valence-corrected chi connectivity index (χ2v) is 8.30. The molecule has 0 radical (unpaired) electrons. The van der Waals surface area contributed by atoms with Crippen LogP contribution in [0.3, 0.4) is 0 Å². The van der Waals surface area contributed by atoms with Crippen LogP contribution in [-0.4, -0.2) is 21.1 Å². The second-order valence-electron chi connectivity index (χ2n) is 7.91. The number of alkyl halides is 3. The molecule has 5 aromatic rings. The molecule has 0 saturated carbocycles. The summed E-state index contributed by atoms with van der Waals surface area (Å²) in [7, 11) is 0. The summed E-state index contributed by atoms with van der Waals surface area (Å²) in [4.78, 5) is 15.6. The molecule has 0 spiro atoms. The highest BCUT2D eigenvalue weighted by atomic mass is 35.5. The molecule has 0 aliphatic heterocycles. The number of pyridine rings is 1. The Balaban J connectivity index is 2.05.